The molecule has 1 aromatic carbocycles. The van der Waals surface area contributed by atoms with E-state index in [1.165, 1.54) is 6.42 Å². The number of esters is 1. The third-order valence-corrected chi connectivity index (χ3v) is 4.29. The second-order valence-electron chi connectivity index (χ2n) is 6.05. The normalized spacial score (nSPS) is 18.4. The van der Waals surface area contributed by atoms with E-state index in [4.69, 9.17) is 10.5 Å². The summed E-state index contributed by atoms with van der Waals surface area (Å²) in [6.07, 6.45) is 5.31. The monoisotopic (exact) mass is 305 g/mol. The van der Waals surface area contributed by atoms with Crippen LogP contribution in [0.2, 0.25) is 0 Å². The molecule has 1 aromatic rings. The first-order chi connectivity index (χ1) is 10.5. The highest BCUT2D eigenvalue weighted by Gasteiger charge is 2.45. The van der Waals surface area contributed by atoms with E-state index in [0.717, 1.165) is 31.2 Å². The van der Waals surface area contributed by atoms with Gasteiger partial charge in [0.05, 0.1) is 0 Å². The van der Waals surface area contributed by atoms with Crippen molar-refractivity contribution in [1.82, 2.24) is 0 Å². The van der Waals surface area contributed by atoms with E-state index in [2.05, 4.69) is 0 Å². The van der Waals surface area contributed by atoms with Crippen LogP contribution in [0.5, 0.6) is 0 Å². The average Bonchev–Trinajstić information content (AvgIpc) is 2.54. The largest absolute Gasteiger partial charge is 0.479 e. The molecule has 22 heavy (non-hydrogen) atoms. The van der Waals surface area contributed by atoms with Crippen LogP contribution in [-0.2, 0) is 20.9 Å². The Labute approximate surface area is 130 Å². The van der Waals surface area contributed by atoms with Crippen molar-refractivity contribution in [1.29, 1.82) is 0 Å². The SMILES string of the molecule is NC(CC1CCCCC1)(C(=O)O)C(=O)OCc1ccccc1. The van der Waals surface area contributed by atoms with Gasteiger partial charge in [-0.3, -0.25) is 0 Å². The number of rotatable bonds is 6. The summed E-state index contributed by atoms with van der Waals surface area (Å²) in [5, 5.41) is 9.40. The topological polar surface area (TPSA) is 89.6 Å². The van der Waals surface area contributed by atoms with E-state index >= 15 is 0 Å². The lowest BCUT2D eigenvalue weighted by Crippen LogP contribution is -2.57. The summed E-state index contributed by atoms with van der Waals surface area (Å²) in [6, 6.07) is 9.15. The lowest BCUT2D eigenvalue weighted by Gasteiger charge is -2.29. The van der Waals surface area contributed by atoms with Crippen LogP contribution >= 0.6 is 0 Å². The van der Waals surface area contributed by atoms with E-state index in [1.54, 1.807) is 0 Å². The fourth-order valence-electron chi connectivity index (χ4n) is 2.96. The first-order valence-corrected chi connectivity index (χ1v) is 7.76. The van der Waals surface area contributed by atoms with Gasteiger partial charge in [-0.1, -0.05) is 62.4 Å². The van der Waals surface area contributed by atoms with Crippen LogP contribution in [-0.4, -0.2) is 22.6 Å². The summed E-state index contributed by atoms with van der Waals surface area (Å²) >= 11 is 0. The van der Waals surface area contributed by atoms with Crippen molar-refractivity contribution >= 4 is 11.9 Å². The molecule has 0 saturated heterocycles. The molecule has 1 aliphatic carbocycles. The lowest BCUT2D eigenvalue weighted by atomic mass is 9.79. The zero-order valence-corrected chi connectivity index (χ0v) is 12.7. The van der Waals surface area contributed by atoms with Gasteiger partial charge in [-0.2, -0.15) is 0 Å². The highest BCUT2D eigenvalue weighted by atomic mass is 16.5. The number of benzene rings is 1. The van der Waals surface area contributed by atoms with Crippen molar-refractivity contribution in [2.75, 3.05) is 0 Å². The summed E-state index contributed by atoms with van der Waals surface area (Å²) in [4.78, 5) is 23.7. The molecule has 0 bridgehead atoms. The number of hydrogen-bond acceptors (Lipinski definition) is 4. The van der Waals surface area contributed by atoms with Crippen LogP contribution in [0.25, 0.3) is 0 Å². The minimum absolute atomic E-state index is 0.0383. The summed E-state index contributed by atoms with van der Waals surface area (Å²) in [6.45, 7) is 0.0383. The number of hydrogen-bond donors (Lipinski definition) is 2. The third kappa shape index (κ3) is 4.07. The summed E-state index contributed by atoms with van der Waals surface area (Å²) in [5.74, 6) is -1.98. The molecule has 5 nitrogen and oxygen atoms in total. The number of carbonyl (C=O) groups is 2. The van der Waals surface area contributed by atoms with Gasteiger partial charge in [-0.15, -0.1) is 0 Å². The van der Waals surface area contributed by atoms with Crippen LogP contribution in [0.15, 0.2) is 30.3 Å². The Hall–Kier alpha value is -1.88. The Morgan fingerprint density at radius 2 is 1.82 bits per heavy atom. The minimum Gasteiger partial charge on any atom is -0.479 e. The molecule has 0 heterocycles. The Balaban J connectivity index is 1.99. The van der Waals surface area contributed by atoms with Crippen molar-refractivity contribution in [3.63, 3.8) is 0 Å². The van der Waals surface area contributed by atoms with Gasteiger partial charge in [-0.25, -0.2) is 9.59 Å². The zero-order valence-electron chi connectivity index (χ0n) is 12.7. The lowest BCUT2D eigenvalue weighted by molar-refractivity contribution is -0.163. The first-order valence-electron chi connectivity index (χ1n) is 7.76. The molecule has 2 rings (SSSR count). The molecule has 120 valence electrons. The maximum Gasteiger partial charge on any atom is 0.338 e. The number of aliphatic carboxylic acids is 1. The van der Waals surface area contributed by atoms with Gasteiger partial charge in [0.25, 0.3) is 0 Å². The zero-order chi connectivity index (χ0) is 16.0. The molecular weight excluding hydrogens is 282 g/mol. The van der Waals surface area contributed by atoms with Crippen LogP contribution in [0.3, 0.4) is 0 Å². The van der Waals surface area contributed by atoms with E-state index in [9.17, 15) is 14.7 Å². The van der Waals surface area contributed by atoms with Gasteiger partial charge >= 0.3 is 11.9 Å². The Bertz CT molecular complexity index is 511. The van der Waals surface area contributed by atoms with Gasteiger partial charge in [0, 0.05) is 0 Å². The quantitative estimate of drug-likeness (QED) is 0.622. The molecule has 1 atom stereocenters. The summed E-state index contributed by atoms with van der Waals surface area (Å²) in [5.41, 5.74) is 4.76. The van der Waals surface area contributed by atoms with Crippen LogP contribution < -0.4 is 5.73 Å². The van der Waals surface area contributed by atoms with Crippen molar-refractivity contribution in [2.24, 2.45) is 11.7 Å². The highest BCUT2D eigenvalue weighted by Crippen LogP contribution is 2.30. The maximum absolute atomic E-state index is 12.2. The molecule has 3 N–H and O–H groups in total. The Morgan fingerprint density at radius 1 is 1.18 bits per heavy atom. The van der Waals surface area contributed by atoms with E-state index in [-0.39, 0.29) is 18.9 Å². The highest BCUT2D eigenvalue weighted by molar-refractivity contribution is 6.03. The first kappa shape index (κ1) is 16.5. The van der Waals surface area contributed by atoms with E-state index < -0.39 is 17.5 Å². The number of nitrogens with two attached hydrogens (primary N) is 1. The van der Waals surface area contributed by atoms with Crippen LogP contribution in [0.1, 0.15) is 44.1 Å². The predicted octanol–water partition coefficient (Wildman–Crippen LogP) is 2.48. The fourth-order valence-corrected chi connectivity index (χ4v) is 2.96. The second-order valence-corrected chi connectivity index (χ2v) is 6.05. The fraction of sp³-hybridized carbons (Fsp3) is 0.529. The van der Waals surface area contributed by atoms with Gasteiger partial charge in [0.15, 0.2) is 0 Å². The number of carboxylic acids is 1. The van der Waals surface area contributed by atoms with Crippen LogP contribution in [0.4, 0.5) is 0 Å². The Morgan fingerprint density at radius 3 is 2.41 bits per heavy atom. The van der Waals surface area contributed by atoms with Gasteiger partial charge in [0.2, 0.25) is 5.54 Å². The molecule has 0 aliphatic heterocycles. The minimum atomic E-state index is -1.95. The Kier molecular flexibility index (Phi) is 5.55. The van der Waals surface area contributed by atoms with E-state index in [0.29, 0.717) is 0 Å². The molecule has 0 aromatic heterocycles. The molecule has 5 heteroatoms. The van der Waals surface area contributed by atoms with Crippen molar-refractivity contribution < 1.29 is 19.4 Å². The van der Waals surface area contributed by atoms with Gasteiger partial charge in [-0.05, 0) is 17.9 Å². The second kappa shape index (κ2) is 7.40. The molecular formula is C17H23NO4. The molecule has 0 radical (unpaired) electrons. The maximum atomic E-state index is 12.2. The summed E-state index contributed by atoms with van der Waals surface area (Å²) < 4.78 is 5.15. The molecule has 0 spiro atoms. The smallest absolute Gasteiger partial charge is 0.338 e. The van der Waals surface area contributed by atoms with Crippen molar-refractivity contribution in [3.8, 4) is 0 Å². The summed E-state index contributed by atoms with van der Waals surface area (Å²) in [7, 11) is 0. The predicted molar refractivity (Wildman–Crippen MR) is 82.0 cm³/mol. The number of ether oxygens (including phenoxy) is 1. The third-order valence-electron chi connectivity index (χ3n) is 4.29. The molecule has 0 amide bonds. The van der Waals surface area contributed by atoms with Crippen molar-refractivity contribution in [2.45, 2.75) is 50.7 Å². The van der Waals surface area contributed by atoms with E-state index in [1.807, 2.05) is 30.3 Å². The van der Waals surface area contributed by atoms with Crippen molar-refractivity contribution in [3.05, 3.63) is 35.9 Å². The number of carbonyl (C=O) groups excluding carboxylic acids is 1. The van der Waals surface area contributed by atoms with Crippen LogP contribution in [0, 0.1) is 5.92 Å². The molecule has 1 aliphatic rings. The standard InChI is InChI=1S/C17H23NO4/c18-17(15(19)20,11-13-7-3-1-4-8-13)16(21)22-12-14-9-5-2-6-10-14/h2,5-6,9-10,13H,1,3-4,7-8,11-12,18H2,(H,19,20). The number of carboxylic acid groups (broad SMARTS) is 1. The molecule has 1 unspecified atom stereocenters. The average molecular weight is 305 g/mol. The van der Waals surface area contributed by atoms with Gasteiger partial charge < -0.3 is 15.6 Å². The molecule has 1 saturated carbocycles. The molecule has 1 fully saturated rings. The van der Waals surface area contributed by atoms with Gasteiger partial charge in [0.1, 0.15) is 6.61 Å².